The Morgan fingerprint density at radius 3 is 2.87 bits per heavy atom. The maximum absolute atomic E-state index is 12.4. The lowest BCUT2D eigenvalue weighted by molar-refractivity contribution is 0.0920. The molecule has 5 heteroatoms. The molecule has 2 heterocycles. The summed E-state index contributed by atoms with van der Waals surface area (Å²) in [6, 6.07) is 7.77. The van der Waals surface area contributed by atoms with Crippen molar-refractivity contribution in [2.75, 3.05) is 0 Å². The summed E-state index contributed by atoms with van der Waals surface area (Å²) in [5, 5.41) is 7.77. The fraction of sp³-hybridized carbons (Fsp3) is 0.333. The molecule has 1 aromatic carbocycles. The number of aromatic nitrogens is 1. The minimum Gasteiger partial charge on any atom is -0.450 e. The number of para-hydroxylation sites is 1. The highest BCUT2D eigenvalue weighted by Gasteiger charge is 2.18. The van der Waals surface area contributed by atoms with Crippen LogP contribution in [0, 0.1) is 13.8 Å². The number of benzene rings is 1. The summed E-state index contributed by atoms with van der Waals surface area (Å²) in [6.45, 7) is 6.25. The van der Waals surface area contributed by atoms with Crippen molar-refractivity contribution in [1.82, 2.24) is 10.5 Å². The minimum absolute atomic E-state index is 0.244. The van der Waals surface area contributed by atoms with Crippen molar-refractivity contribution in [1.29, 1.82) is 0 Å². The number of fused-ring (bicyclic) bond motifs is 1. The molecule has 0 saturated carbocycles. The molecule has 120 valence electrons. The predicted octanol–water partition coefficient (Wildman–Crippen LogP) is 3.92. The van der Waals surface area contributed by atoms with E-state index < -0.39 is 0 Å². The topological polar surface area (TPSA) is 68.3 Å². The van der Waals surface area contributed by atoms with Gasteiger partial charge in [-0.25, -0.2) is 0 Å². The second-order valence-electron chi connectivity index (χ2n) is 5.73. The van der Waals surface area contributed by atoms with Crippen LogP contribution in [0.5, 0.6) is 0 Å². The summed E-state index contributed by atoms with van der Waals surface area (Å²) in [4.78, 5) is 12.4. The normalized spacial score (nSPS) is 11.1. The second kappa shape index (κ2) is 6.28. The van der Waals surface area contributed by atoms with Crippen LogP contribution in [0.1, 0.15) is 46.5 Å². The molecule has 0 atom stereocenters. The van der Waals surface area contributed by atoms with Crippen molar-refractivity contribution in [3.63, 3.8) is 0 Å². The van der Waals surface area contributed by atoms with Crippen LogP contribution in [-0.2, 0) is 13.0 Å². The maximum Gasteiger partial charge on any atom is 0.287 e. The molecule has 0 spiro atoms. The molecular weight excluding hydrogens is 292 g/mol. The van der Waals surface area contributed by atoms with Gasteiger partial charge in [-0.1, -0.05) is 36.7 Å². The summed E-state index contributed by atoms with van der Waals surface area (Å²) in [5.41, 5.74) is 3.54. The Hall–Kier alpha value is -2.56. The SMILES string of the molecule is CCCc1cc(CNC(=O)c2oc3c(C)cccc3c2C)on1. The molecule has 0 radical (unpaired) electrons. The number of hydrogen-bond donors (Lipinski definition) is 1. The third kappa shape index (κ3) is 2.99. The average molecular weight is 312 g/mol. The predicted molar refractivity (Wildman–Crippen MR) is 87.4 cm³/mol. The van der Waals surface area contributed by atoms with E-state index in [1.54, 1.807) is 0 Å². The van der Waals surface area contributed by atoms with Gasteiger partial charge in [0.15, 0.2) is 11.5 Å². The smallest absolute Gasteiger partial charge is 0.287 e. The molecule has 1 amide bonds. The highest BCUT2D eigenvalue weighted by atomic mass is 16.5. The molecule has 0 saturated heterocycles. The first-order chi connectivity index (χ1) is 11.1. The molecule has 0 aliphatic carbocycles. The van der Waals surface area contributed by atoms with Crippen molar-refractivity contribution in [2.45, 2.75) is 40.2 Å². The van der Waals surface area contributed by atoms with Crippen molar-refractivity contribution in [2.24, 2.45) is 0 Å². The van der Waals surface area contributed by atoms with Gasteiger partial charge in [0, 0.05) is 17.0 Å². The first kappa shape index (κ1) is 15.3. The lowest BCUT2D eigenvalue weighted by Crippen LogP contribution is -2.22. The number of hydrogen-bond acceptors (Lipinski definition) is 4. The number of aryl methyl sites for hydroxylation is 3. The van der Waals surface area contributed by atoms with Crippen LogP contribution >= 0.6 is 0 Å². The van der Waals surface area contributed by atoms with Crippen LogP contribution in [-0.4, -0.2) is 11.1 Å². The first-order valence-electron chi connectivity index (χ1n) is 7.81. The van der Waals surface area contributed by atoms with E-state index in [4.69, 9.17) is 8.94 Å². The molecule has 2 aromatic heterocycles. The van der Waals surface area contributed by atoms with E-state index in [9.17, 15) is 4.79 Å². The standard InChI is InChI=1S/C18H20N2O3/c1-4-6-13-9-14(23-20-13)10-19-18(21)17-12(3)15-8-5-7-11(2)16(15)22-17/h5,7-9H,4,6,10H2,1-3H3,(H,19,21). The fourth-order valence-electron chi connectivity index (χ4n) is 2.66. The zero-order chi connectivity index (χ0) is 16.4. The van der Waals surface area contributed by atoms with Crippen molar-refractivity contribution in [3.05, 3.63) is 52.6 Å². The summed E-state index contributed by atoms with van der Waals surface area (Å²) < 4.78 is 11.0. The van der Waals surface area contributed by atoms with Gasteiger partial charge in [0.05, 0.1) is 12.2 Å². The fourth-order valence-corrected chi connectivity index (χ4v) is 2.66. The average Bonchev–Trinajstić information content (AvgIpc) is 3.12. The van der Waals surface area contributed by atoms with Crippen LogP contribution in [0.15, 0.2) is 33.2 Å². The molecular formula is C18H20N2O3. The van der Waals surface area contributed by atoms with Gasteiger partial charge in [0.25, 0.3) is 5.91 Å². The minimum atomic E-state index is -0.244. The quantitative estimate of drug-likeness (QED) is 0.775. The first-order valence-corrected chi connectivity index (χ1v) is 7.81. The highest BCUT2D eigenvalue weighted by Crippen LogP contribution is 2.27. The molecule has 0 bridgehead atoms. The van der Waals surface area contributed by atoms with Crippen molar-refractivity contribution >= 4 is 16.9 Å². The van der Waals surface area contributed by atoms with Gasteiger partial charge in [-0.05, 0) is 25.8 Å². The number of nitrogens with one attached hydrogen (secondary N) is 1. The van der Waals surface area contributed by atoms with Crippen molar-refractivity contribution < 1.29 is 13.7 Å². The monoisotopic (exact) mass is 312 g/mol. The van der Waals surface area contributed by atoms with E-state index >= 15 is 0 Å². The number of carbonyl (C=O) groups excluding carboxylic acids is 1. The van der Waals surface area contributed by atoms with Crippen LogP contribution < -0.4 is 5.32 Å². The highest BCUT2D eigenvalue weighted by molar-refractivity contribution is 5.99. The molecule has 0 aliphatic heterocycles. The van der Waals surface area contributed by atoms with Gasteiger partial charge in [0.2, 0.25) is 0 Å². The van der Waals surface area contributed by atoms with Gasteiger partial charge in [-0.3, -0.25) is 4.79 Å². The number of nitrogens with zero attached hydrogens (tertiary/aromatic N) is 1. The number of carbonyl (C=O) groups is 1. The molecule has 3 rings (SSSR count). The van der Waals surface area contributed by atoms with Crippen molar-refractivity contribution in [3.8, 4) is 0 Å². The van der Waals surface area contributed by atoms with E-state index in [1.165, 1.54) is 0 Å². The van der Waals surface area contributed by atoms with E-state index in [-0.39, 0.29) is 5.91 Å². The molecule has 23 heavy (non-hydrogen) atoms. The largest absolute Gasteiger partial charge is 0.450 e. The van der Waals surface area contributed by atoms with Gasteiger partial charge < -0.3 is 14.3 Å². The van der Waals surface area contributed by atoms with Crippen LogP contribution in [0.2, 0.25) is 0 Å². The number of amides is 1. The van der Waals surface area contributed by atoms with E-state index in [0.29, 0.717) is 18.1 Å². The lowest BCUT2D eigenvalue weighted by Gasteiger charge is -2.00. The Bertz CT molecular complexity index is 845. The van der Waals surface area contributed by atoms with Crippen LogP contribution in [0.4, 0.5) is 0 Å². The molecule has 1 N–H and O–H groups in total. The Kier molecular flexibility index (Phi) is 4.19. The van der Waals surface area contributed by atoms with Gasteiger partial charge in [0.1, 0.15) is 5.58 Å². The van der Waals surface area contributed by atoms with E-state index in [2.05, 4.69) is 17.4 Å². The molecule has 3 aromatic rings. The molecule has 0 unspecified atom stereocenters. The Balaban J connectivity index is 1.75. The van der Waals surface area contributed by atoms with E-state index in [0.717, 1.165) is 40.6 Å². The third-order valence-corrected chi connectivity index (χ3v) is 3.90. The summed E-state index contributed by atoms with van der Waals surface area (Å²) in [7, 11) is 0. The third-order valence-electron chi connectivity index (χ3n) is 3.90. The summed E-state index contributed by atoms with van der Waals surface area (Å²) >= 11 is 0. The van der Waals surface area contributed by atoms with Gasteiger partial charge in [-0.2, -0.15) is 0 Å². The Morgan fingerprint density at radius 2 is 2.13 bits per heavy atom. The summed E-state index contributed by atoms with van der Waals surface area (Å²) in [6.07, 6.45) is 1.88. The zero-order valence-electron chi connectivity index (χ0n) is 13.6. The van der Waals surface area contributed by atoms with Crippen LogP contribution in [0.3, 0.4) is 0 Å². The van der Waals surface area contributed by atoms with Crippen LogP contribution in [0.25, 0.3) is 11.0 Å². The molecule has 0 fully saturated rings. The summed E-state index contributed by atoms with van der Waals surface area (Å²) in [5.74, 6) is 0.751. The lowest BCUT2D eigenvalue weighted by atomic mass is 10.1. The zero-order valence-corrected chi connectivity index (χ0v) is 13.6. The van der Waals surface area contributed by atoms with Gasteiger partial charge in [-0.15, -0.1) is 0 Å². The Morgan fingerprint density at radius 1 is 1.30 bits per heavy atom. The maximum atomic E-state index is 12.4. The van der Waals surface area contributed by atoms with Gasteiger partial charge >= 0.3 is 0 Å². The van der Waals surface area contributed by atoms with E-state index in [1.807, 2.05) is 38.1 Å². The number of rotatable bonds is 5. The Labute approximate surface area is 134 Å². The molecule has 0 aliphatic rings. The molecule has 5 nitrogen and oxygen atoms in total. The second-order valence-corrected chi connectivity index (χ2v) is 5.73. The number of furan rings is 1.